The zero-order chi connectivity index (χ0) is 14.5. The Hall–Kier alpha value is -2.64. The molecule has 0 aliphatic heterocycles. The lowest BCUT2D eigenvalue weighted by Crippen LogP contribution is -2.06. The topological polar surface area (TPSA) is 93.8 Å². The van der Waals surface area contributed by atoms with Crippen LogP contribution in [0.1, 0.15) is 13.3 Å². The standard InChI is InChI=1S/C12H12FN5O2/c1-2-4-15-12-16-7-10(18(19)20)11(17-12)8-3-5-14-6-9(8)13/h3,5-7H,2,4H2,1H3,(H,15,16,17). The molecule has 2 aromatic rings. The Balaban J connectivity index is 2.53. The van der Waals surface area contributed by atoms with Gasteiger partial charge in [-0.1, -0.05) is 6.92 Å². The first kappa shape index (κ1) is 13.8. The molecule has 7 nitrogen and oxygen atoms in total. The summed E-state index contributed by atoms with van der Waals surface area (Å²) in [5.41, 5.74) is -0.394. The van der Waals surface area contributed by atoms with Crippen molar-refractivity contribution in [2.45, 2.75) is 13.3 Å². The Kier molecular flexibility index (Phi) is 4.14. The van der Waals surface area contributed by atoms with Gasteiger partial charge in [-0.15, -0.1) is 0 Å². The summed E-state index contributed by atoms with van der Waals surface area (Å²) in [6.07, 6.45) is 4.25. The summed E-state index contributed by atoms with van der Waals surface area (Å²) in [4.78, 5) is 21.9. The van der Waals surface area contributed by atoms with E-state index in [1.165, 1.54) is 12.3 Å². The number of aromatic nitrogens is 3. The molecule has 2 aromatic heterocycles. The van der Waals surface area contributed by atoms with Crippen LogP contribution in [0.3, 0.4) is 0 Å². The van der Waals surface area contributed by atoms with Crippen LogP contribution >= 0.6 is 0 Å². The average Bonchev–Trinajstić information content (AvgIpc) is 2.45. The van der Waals surface area contributed by atoms with E-state index in [0.29, 0.717) is 6.54 Å². The first-order chi connectivity index (χ1) is 9.63. The van der Waals surface area contributed by atoms with Crippen molar-refractivity contribution in [3.63, 3.8) is 0 Å². The predicted octanol–water partition coefficient (Wildman–Crippen LogP) is 2.41. The summed E-state index contributed by atoms with van der Waals surface area (Å²) >= 11 is 0. The molecule has 0 saturated carbocycles. The van der Waals surface area contributed by atoms with Gasteiger partial charge in [0.25, 0.3) is 0 Å². The van der Waals surface area contributed by atoms with Gasteiger partial charge in [-0.05, 0) is 12.5 Å². The van der Waals surface area contributed by atoms with E-state index in [1.54, 1.807) is 0 Å². The summed E-state index contributed by atoms with van der Waals surface area (Å²) in [6.45, 7) is 2.58. The lowest BCUT2D eigenvalue weighted by Gasteiger charge is -2.06. The molecule has 0 bridgehead atoms. The van der Waals surface area contributed by atoms with Crippen molar-refractivity contribution in [1.29, 1.82) is 0 Å². The van der Waals surface area contributed by atoms with Crippen LogP contribution in [0.25, 0.3) is 11.3 Å². The van der Waals surface area contributed by atoms with E-state index in [4.69, 9.17) is 0 Å². The van der Waals surface area contributed by atoms with Gasteiger partial charge in [0, 0.05) is 18.3 Å². The normalized spacial score (nSPS) is 10.3. The fraction of sp³-hybridized carbons (Fsp3) is 0.250. The SMILES string of the molecule is CCCNc1ncc([N+](=O)[O-])c(-c2ccncc2F)n1. The van der Waals surface area contributed by atoms with Crippen molar-refractivity contribution in [2.75, 3.05) is 11.9 Å². The number of hydrogen-bond acceptors (Lipinski definition) is 6. The molecule has 0 aliphatic carbocycles. The Morgan fingerprint density at radius 2 is 2.25 bits per heavy atom. The third-order valence-electron chi connectivity index (χ3n) is 2.53. The monoisotopic (exact) mass is 277 g/mol. The maximum absolute atomic E-state index is 13.7. The molecule has 0 amide bonds. The van der Waals surface area contributed by atoms with E-state index in [2.05, 4.69) is 20.3 Å². The van der Waals surface area contributed by atoms with Crippen molar-refractivity contribution in [3.05, 3.63) is 40.6 Å². The van der Waals surface area contributed by atoms with E-state index >= 15 is 0 Å². The molecule has 0 saturated heterocycles. The highest BCUT2D eigenvalue weighted by Gasteiger charge is 2.21. The lowest BCUT2D eigenvalue weighted by molar-refractivity contribution is -0.384. The van der Waals surface area contributed by atoms with Crippen molar-refractivity contribution >= 4 is 11.6 Å². The average molecular weight is 277 g/mol. The molecule has 104 valence electrons. The Morgan fingerprint density at radius 1 is 1.45 bits per heavy atom. The molecule has 0 unspecified atom stereocenters. The van der Waals surface area contributed by atoms with Gasteiger partial charge >= 0.3 is 5.69 Å². The Bertz CT molecular complexity index is 635. The highest BCUT2D eigenvalue weighted by molar-refractivity contribution is 5.70. The van der Waals surface area contributed by atoms with E-state index in [1.807, 2.05) is 6.92 Å². The van der Waals surface area contributed by atoms with Crippen LogP contribution in [0.2, 0.25) is 0 Å². The molecule has 2 rings (SSSR count). The second kappa shape index (κ2) is 6.00. The van der Waals surface area contributed by atoms with Gasteiger partial charge in [-0.25, -0.2) is 14.4 Å². The highest BCUT2D eigenvalue weighted by atomic mass is 19.1. The van der Waals surface area contributed by atoms with E-state index in [0.717, 1.165) is 18.8 Å². The number of halogens is 1. The molecule has 0 atom stereocenters. The van der Waals surface area contributed by atoms with Crippen molar-refractivity contribution in [3.8, 4) is 11.3 Å². The Labute approximate surface area is 114 Å². The van der Waals surface area contributed by atoms with Crippen LogP contribution in [0.4, 0.5) is 16.0 Å². The first-order valence-electron chi connectivity index (χ1n) is 5.98. The van der Waals surface area contributed by atoms with Gasteiger partial charge in [0.05, 0.1) is 11.1 Å². The first-order valence-corrected chi connectivity index (χ1v) is 5.98. The summed E-state index contributed by atoms with van der Waals surface area (Å²) in [5, 5.41) is 13.9. The number of nitro groups is 1. The van der Waals surface area contributed by atoms with Crippen LogP contribution in [-0.2, 0) is 0 Å². The highest BCUT2D eigenvalue weighted by Crippen LogP contribution is 2.29. The molecule has 0 fully saturated rings. The van der Waals surface area contributed by atoms with E-state index < -0.39 is 10.7 Å². The predicted molar refractivity (Wildman–Crippen MR) is 70.7 cm³/mol. The summed E-state index contributed by atoms with van der Waals surface area (Å²) in [6, 6.07) is 1.34. The van der Waals surface area contributed by atoms with Gasteiger partial charge in [-0.2, -0.15) is 0 Å². The molecule has 1 N–H and O–H groups in total. The van der Waals surface area contributed by atoms with Crippen LogP contribution in [0.5, 0.6) is 0 Å². The number of rotatable bonds is 5. The van der Waals surface area contributed by atoms with Crippen molar-refractivity contribution in [2.24, 2.45) is 0 Å². The zero-order valence-electron chi connectivity index (χ0n) is 10.7. The van der Waals surface area contributed by atoms with Gasteiger partial charge in [0.2, 0.25) is 5.95 Å². The number of pyridine rings is 1. The Morgan fingerprint density at radius 3 is 2.90 bits per heavy atom. The summed E-state index contributed by atoms with van der Waals surface area (Å²) in [5.74, 6) is -0.445. The fourth-order valence-corrected chi connectivity index (χ4v) is 1.60. The van der Waals surface area contributed by atoms with Crippen LogP contribution < -0.4 is 5.32 Å². The maximum atomic E-state index is 13.7. The number of nitrogens with one attached hydrogen (secondary N) is 1. The summed E-state index contributed by atoms with van der Waals surface area (Å²) in [7, 11) is 0. The largest absolute Gasteiger partial charge is 0.354 e. The minimum absolute atomic E-state index is 0.0219. The van der Waals surface area contributed by atoms with Crippen LogP contribution in [-0.4, -0.2) is 26.4 Å². The maximum Gasteiger partial charge on any atom is 0.313 e. The lowest BCUT2D eigenvalue weighted by atomic mass is 10.1. The molecule has 0 aromatic carbocycles. The number of nitrogens with zero attached hydrogens (tertiary/aromatic N) is 4. The third-order valence-corrected chi connectivity index (χ3v) is 2.53. The fourth-order valence-electron chi connectivity index (χ4n) is 1.60. The molecule has 0 radical (unpaired) electrons. The second-order valence-electron chi connectivity index (χ2n) is 3.97. The molecule has 8 heteroatoms. The smallest absolute Gasteiger partial charge is 0.313 e. The minimum atomic E-state index is -0.671. The van der Waals surface area contributed by atoms with Crippen molar-refractivity contribution in [1.82, 2.24) is 15.0 Å². The molecular formula is C12H12FN5O2. The van der Waals surface area contributed by atoms with Gasteiger partial charge in [0.15, 0.2) is 11.5 Å². The molecular weight excluding hydrogens is 265 g/mol. The summed E-state index contributed by atoms with van der Waals surface area (Å²) < 4.78 is 13.7. The van der Waals surface area contributed by atoms with Crippen molar-refractivity contribution < 1.29 is 9.31 Å². The number of hydrogen-bond donors (Lipinski definition) is 1. The quantitative estimate of drug-likeness (QED) is 0.666. The van der Waals surface area contributed by atoms with Crippen LogP contribution in [0.15, 0.2) is 24.7 Å². The minimum Gasteiger partial charge on any atom is -0.354 e. The second-order valence-corrected chi connectivity index (χ2v) is 3.97. The van der Waals surface area contributed by atoms with E-state index in [-0.39, 0.29) is 22.9 Å². The molecule has 0 spiro atoms. The molecule has 0 aliphatic rings. The molecule has 20 heavy (non-hydrogen) atoms. The van der Waals surface area contributed by atoms with Crippen LogP contribution in [0, 0.1) is 15.9 Å². The van der Waals surface area contributed by atoms with E-state index in [9.17, 15) is 14.5 Å². The van der Waals surface area contributed by atoms with Gasteiger partial charge in [-0.3, -0.25) is 15.1 Å². The third kappa shape index (κ3) is 2.85. The van der Waals surface area contributed by atoms with Gasteiger partial charge in [0.1, 0.15) is 6.20 Å². The molecule has 2 heterocycles. The zero-order valence-corrected chi connectivity index (χ0v) is 10.7. The van der Waals surface area contributed by atoms with Gasteiger partial charge < -0.3 is 5.32 Å². The number of anilines is 1.